The molecule has 0 aromatic heterocycles. The Kier molecular flexibility index (Phi) is 6.40. The largest absolute Gasteiger partial charge is 0.313 e. The van der Waals surface area contributed by atoms with Crippen LogP contribution < -0.4 is 5.32 Å². The molecule has 0 saturated heterocycles. The van der Waals surface area contributed by atoms with Gasteiger partial charge in [0, 0.05) is 10.5 Å². The molecule has 0 aliphatic rings. The molecule has 0 heterocycles. The van der Waals surface area contributed by atoms with Crippen molar-refractivity contribution >= 4 is 15.9 Å². The lowest BCUT2D eigenvalue weighted by atomic mass is 9.99. The van der Waals surface area contributed by atoms with Gasteiger partial charge in [0.05, 0.1) is 0 Å². The Morgan fingerprint density at radius 2 is 1.90 bits per heavy atom. The van der Waals surface area contributed by atoms with E-state index in [1.165, 1.54) is 11.6 Å². The van der Waals surface area contributed by atoms with E-state index in [0.717, 1.165) is 35.8 Å². The Hall–Kier alpha value is -1.19. The molecule has 0 amide bonds. The summed E-state index contributed by atoms with van der Waals surface area (Å²) in [5, 5.41) is 3.57. The minimum Gasteiger partial charge on any atom is -0.313 e. The van der Waals surface area contributed by atoms with Crippen molar-refractivity contribution in [3.63, 3.8) is 0 Å². The first-order chi connectivity index (χ1) is 10.2. The molecule has 0 fully saturated rings. The number of benzene rings is 2. The standard InChI is InChI=1S/C18H21BrFN/c1-2-10-21-17(12-14-6-5-8-16(20)11-14)13-15-7-3-4-9-18(15)19/h3-9,11,17,21H,2,10,12-13H2,1H3. The van der Waals surface area contributed by atoms with Gasteiger partial charge in [-0.1, -0.05) is 53.2 Å². The maximum atomic E-state index is 13.3. The van der Waals surface area contributed by atoms with Gasteiger partial charge >= 0.3 is 0 Å². The Balaban J connectivity index is 2.09. The lowest BCUT2D eigenvalue weighted by molar-refractivity contribution is 0.502. The molecular formula is C18H21BrFN. The van der Waals surface area contributed by atoms with Crippen molar-refractivity contribution in [3.05, 3.63) is 69.9 Å². The second kappa shape index (κ2) is 8.30. The van der Waals surface area contributed by atoms with E-state index in [2.05, 4.69) is 46.4 Å². The van der Waals surface area contributed by atoms with Gasteiger partial charge in [-0.05, 0) is 55.1 Å². The molecule has 0 saturated carbocycles. The molecule has 3 heteroatoms. The average Bonchev–Trinajstić information content (AvgIpc) is 2.47. The van der Waals surface area contributed by atoms with Crippen LogP contribution in [0.3, 0.4) is 0 Å². The molecule has 1 unspecified atom stereocenters. The fourth-order valence-electron chi connectivity index (χ4n) is 2.44. The molecule has 112 valence electrons. The maximum Gasteiger partial charge on any atom is 0.123 e. The smallest absolute Gasteiger partial charge is 0.123 e. The monoisotopic (exact) mass is 349 g/mol. The molecule has 1 atom stereocenters. The average molecular weight is 350 g/mol. The molecule has 0 radical (unpaired) electrons. The highest BCUT2D eigenvalue weighted by molar-refractivity contribution is 9.10. The van der Waals surface area contributed by atoms with Crippen LogP contribution in [0.5, 0.6) is 0 Å². The molecule has 21 heavy (non-hydrogen) atoms. The zero-order valence-corrected chi connectivity index (χ0v) is 13.9. The Morgan fingerprint density at radius 3 is 2.62 bits per heavy atom. The second-order valence-electron chi connectivity index (χ2n) is 5.28. The summed E-state index contributed by atoms with van der Waals surface area (Å²) in [6.45, 7) is 3.13. The fraction of sp³-hybridized carbons (Fsp3) is 0.333. The van der Waals surface area contributed by atoms with E-state index in [-0.39, 0.29) is 5.82 Å². The van der Waals surface area contributed by atoms with Gasteiger partial charge < -0.3 is 5.32 Å². The van der Waals surface area contributed by atoms with Crippen LogP contribution in [0, 0.1) is 5.82 Å². The molecule has 2 aromatic carbocycles. The van der Waals surface area contributed by atoms with Crippen molar-refractivity contribution < 1.29 is 4.39 Å². The van der Waals surface area contributed by atoms with Crippen molar-refractivity contribution in [1.29, 1.82) is 0 Å². The molecule has 0 aliphatic carbocycles. The highest BCUT2D eigenvalue weighted by Crippen LogP contribution is 2.19. The van der Waals surface area contributed by atoms with Crippen molar-refractivity contribution in [2.45, 2.75) is 32.2 Å². The first-order valence-electron chi connectivity index (χ1n) is 7.40. The highest BCUT2D eigenvalue weighted by Gasteiger charge is 2.12. The molecule has 2 rings (SSSR count). The summed E-state index contributed by atoms with van der Waals surface area (Å²) in [7, 11) is 0. The van der Waals surface area contributed by atoms with Gasteiger partial charge in [0.25, 0.3) is 0 Å². The molecule has 0 bridgehead atoms. The molecule has 1 N–H and O–H groups in total. The molecular weight excluding hydrogens is 329 g/mol. The zero-order chi connectivity index (χ0) is 15.1. The van der Waals surface area contributed by atoms with Gasteiger partial charge in [-0.3, -0.25) is 0 Å². The topological polar surface area (TPSA) is 12.0 Å². The third-order valence-electron chi connectivity index (χ3n) is 3.48. The summed E-state index contributed by atoms with van der Waals surface area (Å²) in [4.78, 5) is 0. The van der Waals surface area contributed by atoms with Crippen LogP contribution in [0.15, 0.2) is 53.0 Å². The van der Waals surface area contributed by atoms with E-state index < -0.39 is 0 Å². The van der Waals surface area contributed by atoms with Crippen LogP contribution >= 0.6 is 15.9 Å². The molecule has 0 aliphatic heterocycles. The van der Waals surface area contributed by atoms with E-state index in [1.54, 1.807) is 12.1 Å². The first-order valence-corrected chi connectivity index (χ1v) is 8.19. The first kappa shape index (κ1) is 16.2. The quantitative estimate of drug-likeness (QED) is 0.760. The molecule has 1 nitrogen and oxygen atoms in total. The third kappa shape index (κ3) is 5.25. The minimum atomic E-state index is -0.164. The Bertz CT molecular complexity index is 571. The number of rotatable bonds is 7. The van der Waals surface area contributed by atoms with Gasteiger partial charge in [0.15, 0.2) is 0 Å². The summed E-state index contributed by atoms with van der Waals surface area (Å²) in [5.41, 5.74) is 2.32. The van der Waals surface area contributed by atoms with Gasteiger partial charge in [0.1, 0.15) is 5.82 Å². The van der Waals surface area contributed by atoms with Gasteiger partial charge in [-0.25, -0.2) is 4.39 Å². The third-order valence-corrected chi connectivity index (χ3v) is 4.25. The zero-order valence-electron chi connectivity index (χ0n) is 12.3. The van der Waals surface area contributed by atoms with Crippen LogP contribution in [0.4, 0.5) is 4.39 Å². The summed E-state index contributed by atoms with van der Waals surface area (Å²) < 4.78 is 14.5. The maximum absolute atomic E-state index is 13.3. The van der Waals surface area contributed by atoms with Gasteiger partial charge in [-0.15, -0.1) is 0 Å². The predicted octanol–water partition coefficient (Wildman–Crippen LogP) is 4.74. The van der Waals surface area contributed by atoms with Gasteiger partial charge in [-0.2, -0.15) is 0 Å². The van der Waals surface area contributed by atoms with Crippen molar-refractivity contribution in [3.8, 4) is 0 Å². The van der Waals surface area contributed by atoms with Crippen LogP contribution in [0.2, 0.25) is 0 Å². The molecule has 2 aromatic rings. The minimum absolute atomic E-state index is 0.164. The number of nitrogens with one attached hydrogen (secondary N) is 1. The van der Waals surface area contributed by atoms with Crippen LogP contribution in [0.25, 0.3) is 0 Å². The summed E-state index contributed by atoms with van der Waals surface area (Å²) in [6.07, 6.45) is 2.85. The summed E-state index contributed by atoms with van der Waals surface area (Å²) in [6, 6.07) is 15.5. The van der Waals surface area contributed by atoms with Crippen LogP contribution in [-0.2, 0) is 12.8 Å². The van der Waals surface area contributed by atoms with Gasteiger partial charge in [0.2, 0.25) is 0 Å². The summed E-state index contributed by atoms with van der Waals surface area (Å²) >= 11 is 3.60. The number of halogens is 2. The van der Waals surface area contributed by atoms with Crippen molar-refractivity contribution in [2.24, 2.45) is 0 Å². The lowest BCUT2D eigenvalue weighted by Gasteiger charge is -2.19. The fourth-order valence-corrected chi connectivity index (χ4v) is 2.89. The van der Waals surface area contributed by atoms with Crippen molar-refractivity contribution in [1.82, 2.24) is 5.32 Å². The van der Waals surface area contributed by atoms with Crippen LogP contribution in [-0.4, -0.2) is 12.6 Å². The Labute approximate surface area is 134 Å². The lowest BCUT2D eigenvalue weighted by Crippen LogP contribution is -2.34. The number of hydrogen-bond donors (Lipinski definition) is 1. The normalized spacial score (nSPS) is 12.3. The van der Waals surface area contributed by atoms with E-state index in [4.69, 9.17) is 0 Å². The summed E-state index contributed by atoms with van der Waals surface area (Å²) in [5.74, 6) is -0.164. The van der Waals surface area contributed by atoms with E-state index >= 15 is 0 Å². The van der Waals surface area contributed by atoms with E-state index in [0.29, 0.717) is 6.04 Å². The molecule has 0 spiro atoms. The number of hydrogen-bond acceptors (Lipinski definition) is 1. The van der Waals surface area contributed by atoms with E-state index in [9.17, 15) is 4.39 Å². The highest BCUT2D eigenvalue weighted by atomic mass is 79.9. The Morgan fingerprint density at radius 1 is 1.10 bits per heavy atom. The SMILES string of the molecule is CCCNC(Cc1cccc(F)c1)Cc1ccccc1Br. The predicted molar refractivity (Wildman–Crippen MR) is 90.0 cm³/mol. The van der Waals surface area contributed by atoms with Crippen molar-refractivity contribution in [2.75, 3.05) is 6.54 Å². The second-order valence-corrected chi connectivity index (χ2v) is 6.13. The van der Waals surface area contributed by atoms with Crippen LogP contribution in [0.1, 0.15) is 24.5 Å². The van der Waals surface area contributed by atoms with E-state index in [1.807, 2.05) is 12.1 Å².